The molecule has 10 heteroatoms. The lowest BCUT2D eigenvalue weighted by atomic mass is 9.97. The van der Waals surface area contributed by atoms with E-state index in [9.17, 15) is 4.79 Å². The molecule has 5 rings (SSSR count). The second kappa shape index (κ2) is 6.66. The van der Waals surface area contributed by atoms with Crippen molar-refractivity contribution in [1.29, 1.82) is 0 Å². The molecular formula is C20H20ClN7O2. The van der Waals surface area contributed by atoms with E-state index in [-0.39, 0.29) is 17.2 Å². The molecule has 0 saturated heterocycles. The molecule has 0 radical (unpaired) electrons. The summed E-state index contributed by atoms with van der Waals surface area (Å²) >= 11 is 6.33. The number of pyridine rings is 1. The Morgan fingerprint density at radius 1 is 1.33 bits per heavy atom. The number of nitrogens with zero attached hydrogens (tertiary/aromatic N) is 6. The van der Waals surface area contributed by atoms with Crippen LogP contribution in [0.1, 0.15) is 60.5 Å². The van der Waals surface area contributed by atoms with Crippen molar-refractivity contribution in [2.45, 2.75) is 38.6 Å². The summed E-state index contributed by atoms with van der Waals surface area (Å²) < 4.78 is 7.41. The van der Waals surface area contributed by atoms with Gasteiger partial charge in [0.15, 0.2) is 0 Å². The highest BCUT2D eigenvalue weighted by atomic mass is 35.5. The van der Waals surface area contributed by atoms with Gasteiger partial charge in [0.05, 0.1) is 28.3 Å². The fraction of sp³-hybridized carbons (Fsp3) is 0.350. The monoisotopic (exact) mass is 425 g/mol. The van der Waals surface area contributed by atoms with Gasteiger partial charge in [0.1, 0.15) is 6.04 Å². The van der Waals surface area contributed by atoms with Gasteiger partial charge in [-0.2, -0.15) is 5.10 Å². The summed E-state index contributed by atoms with van der Waals surface area (Å²) in [6.07, 6.45) is 4.10. The lowest BCUT2D eigenvalue weighted by molar-refractivity contribution is 0.0642. The maximum Gasteiger partial charge on any atom is 0.312 e. The van der Waals surface area contributed by atoms with Gasteiger partial charge in [0, 0.05) is 30.3 Å². The van der Waals surface area contributed by atoms with Crippen LogP contribution in [0.4, 0.5) is 0 Å². The van der Waals surface area contributed by atoms with Gasteiger partial charge in [-0.05, 0) is 18.2 Å². The fourth-order valence-corrected chi connectivity index (χ4v) is 3.88. The molecular weight excluding hydrogens is 406 g/mol. The van der Waals surface area contributed by atoms with Gasteiger partial charge in [-0.3, -0.25) is 4.79 Å². The number of imidazole rings is 1. The van der Waals surface area contributed by atoms with E-state index in [4.69, 9.17) is 16.0 Å². The average Bonchev–Trinajstić information content (AvgIpc) is 3.44. The quantitative estimate of drug-likeness (QED) is 0.528. The van der Waals surface area contributed by atoms with Crippen molar-refractivity contribution in [2.75, 3.05) is 6.54 Å². The highest BCUT2D eigenvalue weighted by molar-refractivity contribution is 6.33. The van der Waals surface area contributed by atoms with Crippen LogP contribution in [0, 0.1) is 0 Å². The fourth-order valence-electron chi connectivity index (χ4n) is 3.66. The van der Waals surface area contributed by atoms with Crippen molar-refractivity contribution >= 4 is 23.0 Å². The number of nitrogens with one attached hydrogen (secondary N) is 1. The molecule has 9 nitrogen and oxygen atoms in total. The maximum absolute atomic E-state index is 13.4. The molecule has 1 aliphatic rings. The van der Waals surface area contributed by atoms with Crippen LogP contribution in [0.15, 0.2) is 35.1 Å². The van der Waals surface area contributed by atoms with Crippen LogP contribution in [-0.4, -0.2) is 47.1 Å². The van der Waals surface area contributed by atoms with E-state index in [0.29, 0.717) is 29.6 Å². The Hall–Kier alpha value is -3.20. The molecule has 5 heterocycles. The second-order valence-electron chi connectivity index (χ2n) is 8.33. The molecule has 0 saturated carbocycles. The van der Waals surface area contributed by atoms with Crippen LogP contribution >= 0.6 is 11.6 Å². The third-order valence-electron chi connectivity index (χ3n) is 5.18. The molecule has 0 spiro atoms. The molecule has 4 aromatic heterocycles. The van der Waals surface area contributed by atoms with Crippen LogP contribution < -0.4 is 0 Å². The van der Waals surface area contributed by atoms with Gasteiger partial charge in [0.25, 0.3) is 0 Å². The average molecular weight is 426 g/mol. The summed E-state index contributed by atoms with van der Waals surface area (Å²) in [5.74, 6) is 0.0323. The predicted octanol–water partition coefficient (Wildman–Crippen LogP) is 3.18. The van der Waals surface area contributed by atoms with Crippen molar-refractivity contribution in [3.05, 3.63) is 64.6 Å². The number of hydrogen-bond donors (Lipinski definition) is 1. The summed E-state index contributed by atoms with van der Waals surface area (Å²) in [6.45, 7) is 6.33. The molecule has 1 N–H and O–H groups in total. The zero-order chi connectivity index (χ0) is 21.0. The Morgan fingerprint density at radius 3 is 2.90 bits per heavy atom. The Labute approximate surface area is 177 Å². The Bertz CT molecular complexity index is 1250. The smallest absolute Gasteiger partial charge is 0.312 e. The number of H-pyrrole nitrogens is 1. The van der Waals surface area contributed by atoms with Gasteiger partial charge >= 0.3 is 11.8 Å². The zero-order valence-electron chi connectivity index (χ0n) is 16.8. The molecule has 154 valence electrons. The van der Waals surface area contributed by atoms with Crippen LogP contribution in [0.2, 0.25) is 5.02 Å². The number of amides is 1. The maximum atomic E-state index is 13.4. The van der Waals surface area contributed by atoms with Crippen molar-refractivity contribution in [3.8, 4) is 0 Å². The molecule has 0 unspecified atom stereocenters. The first-order valence-electron chi connectivity index (χ1n) is 9.64. The first-order valence-corrected chi connectivity index (χ1v) is 10.0. The van der Waals surface area contributed by atoms with Crippen molar-refractivity contribution < 1.29 is 9.21 Å². The third kappa shape index (κ3) is 2.97. The van der Waals surface area contributed by atoms with Gasteiger partial charge in [-0.1, -0.05) is 32.4 Å². The Kier molecular flexibility index (Phi) is 4.18. The van der Waals surface area contributed by atoms with Gasteiger partial charge in [-0.25, -0.2) is 9.50 Å². The minimum Gasteiger partial charge on any atom is -0.416 e. The minimum absolute atomic E-state index is 0.0364. The van der Waals surface area contributed by atoms with Crippen LogP contribution in [-0.2, 0) is 11.8 Å². The summed E-state index contributed by atoms with van der Waals surface area (Å²) in [7, 11) is 0. The third-order valence-corrected chi connectivity index (χ3v) is 5.50. The minimum atomic E-state index is -0.492. The van der Waals surface area contributed by atoms with Gasteiger partial charge < -0.3 is 14.3 Å². The predicted molar refractivity (Wildman–Crippen MR) is 108 cm³/mol. The van der Waals surface area contributed by atoms with Crippen molar-refractivity contribution in [2.24, 2.45) is 0 Å². The first-order chi connectivity index (χ1) is 14.3. The van der Waals surface area contributed by atoms with E-state index in [0.717, 1.165) is 16.9 Å². The summed E-state index contributed by atoms with van der Waals surface area (Å²) in [6, 6.07) is 5.01. The van der Waals surface area contributed by atoms with Gasteiger partial charge in [0.2, 0.25) is 5.89 Å². The highest BCUT2D eigenvalue weighted by Gasteiger charge is 2.38. The molecule has 0 bridgehead atoms. The zero-order valence-corrected chi connectivity index (χ0v) is 17.5. The summed E-state index contributed by atoms with van der Waals surface area (Å²) in [4.78, 5) is 22.7. The number of carbonyl (C=O) groups is 1. The largest absolute Gasteiger partial charge is 0.416 e. The van der Waals surface area contributed by atoms with Crippen LogP contribution in [0.3, 0.4) is 0 Å². The van der Waals surface area contributed by atoms with Gasteiger partial charge in [-0.15, -0.1) is 10.2 Å². The number of carbonyl (C=O) groups excluding carboxylic acids is 1. The molecule has 0 fully saturated rings. The lowest BCUT2D eigenvalue weighted by Gasteiger charge is -2.32. The van der Waals surface area contributed by atoms with E-state index in [1.165, 1.54) is 0 Å². The molecule has 0 aromatic carbocycles. The Morgan fingerprint density at radius 2 is 2.17 bits per heavy atom. The Balaban J connectivity index is 1.59. The van der Waals surface area contributed by atoms with E-state index < -0.39 is 6.04 Å². The molecule has 30 heavy (non-hydrogen) atoms. The first kappa shape index (κ1) is 18.8. The van der Waals surface area contributed by atoms with E-state index in [1.807, 2.05) is 39.1 Å². The van der Waals surface area contributed by atoms with Crippen LogP contribution in [0.25, 0.3) is 5.52 Å². The number of rotatable bonds is 2. The molecule has 1 amide bonds. The number of fused-ring (bicyclic) bond motifs is 2. The summed E-state index contributed by atoms with van der Waals surface area (Å²) in [5, 5.41) is 13.3. The van der Waals surface area contributed by atoms with E-state index in [1.54, 1.807) is 21.8 Å². The van der Waals surface area contributed by atoms with E-state index >= 15 is 0 Å². The number of hydrogen-bond acceptors (Lipinski definition) is 6. The lowest BCUT2D eigenvalue weighted by Crippen LogP contribution is -2.41. The highest BCUT2D eigenvalue weighted by Crippen LogP contribution is 2.35. The van der Waals surface area contributed by atoms with Crippen molar-refractivity contribution in [3.63, 3.8) is 0 Å². The number of aromatic nitrogens is 6. The molecule has 1 aliphatic heterocycles. The normalized spacial score (nSPS) is 16.8. The van der Waals surface area contributed by atoms with Crippen molar-refractivity contribution in [1.82, 2.24) is 34.7 Å². The molecule has 0 aliphatic carbocycles. The second-order valence-corrected chi connectivity index (χ2v) is 8.74. The van der Waals surface area contributed by atoms with E-state index in [2.05, 4.69) is 25.3 Å². The standard InChI is InChI=1S/C20H20ClN7O2/c1-20(2,3)19-25-24-17(30-19)18(29)27-8-6-12-15(23-10-22-12)16(27)13-9-14-11(21)5-4-7-28(14)26-13/h4-5,7,9-10,16H,6,8H2,1-3H3,(H,22,23)/t16-/m0/s1. The SMILES string of the molecule is CC(C)(C)c1nnc(C(=O)N2CCc3[nH]cnc3[C@@H]2c2cc3c(Cl)cccn3n2)o1. The topological polar surface area (TPSA) is 105 Å². The molecule has 4 aromatic rings. The molecule has 1 atom stereocenters. The summed E-state index contributed by atoms with van der Waals surface area (Å²) in [5.41, 5.74) is 2.82. The van der Waals surface area contributed by atoms with Crippen LogP contribution in [0.5, 0.6) is 0 Å². The number of aromatic amines is 1. The number of halogens is 1.